The van der Waals surface area contributed by atoms with E-state index in [9.17, 15) is 4.79 Å². The Morgan fingerprint density at radius 1 is 1.70 bits per heavy atom. The Morgan fingerprint density at radius 2 is 2.50 bits per heavy atom. The first-order chi connectivity index (χ1) is 4.79. The van der Waals surface area contributed by atoms with E-state index < -0.39 is 0 Å². The monoisotopic (exact) mass is 139 g/mol. The molecular weight excluding hydrogens is 130 g/mol. The van der Waals surface area contributed by atoms with Crippen molar-refractivity contribution in [1.82, 2.24) is 0 Å². The average molecular weight is 139 g/mol. The molecule has 2 N–H and O–H groups in total. The largest absolute Gasteiger partial charge is 0.472 e. The lowest BCUT2D eigenvalue weighted by atomic mass is 10.2. The molecule has 0 atom stereocenters. The van der Waals surface area contributed by atoms with Gasteiger partial charge in [0.15, 0.2) is 0 Å². The number of furan rings is 1. The maximum atomic E-state index is 10.3. The Labute approximate surface area is 58.8 Å². The van der Waals surface area contributed by atoms with Crippen molar-refractivity contribution in [2.75, 3.05) is 0 Å². The second kappa shape index (κ2) is 3.06. The van der Waals surface area contributed by atoms with Gasteiger partial charge in [-0.25, -0.2) is 0 Å². The molecule has 3 heteroatoms. The molecular formula is C7H9NO2. The molecule has 3 nitrogen and oxygen atoms in total. The zero-order chi connectivity index (χ0) is 7.40. The predicted octanol–water partition coefficient (Wildman–Crippen LogP) is 0.697. The van der Waals surface area contributed by atoms with Crippen LogP contribution < -0.4 is 5.73 Å². The molecule has 1 rings (SSSR count). The minimum absolute atomic E-state index is 0.277. The van der Waals surface area contributed by atoms with Crippen LogP contribution in [0.5, 0.6) is 0 Å². The van der Waals surface area contributed by atoms with Crippen LogP contribution in [0.2, 0.25) is 0 Å². The summed E-state index contributed by atoms with van der Waals surface area (Å²) in [5.74, 6) is -0.277. The van der Waals surface area contributed by atoms with Gasteiger partial charge in [-0.05, 0) is 18.1 Å². The van der Waals surface area contributed by atoms with Gasteiger partial charge in [0.2, 0.25) is 5.91 Å². The van der Waals surface area contributed by atoms with E-state index in [1.165, 1.54) is 0 Å². The molecule has 0 aliphatic rings. The first-order valence-electron chi connectivity index (χ1n) is 3.08. The van der Waals surface area contributed by atoms with E-state index in [0.29, 0.717) is 12.8 Å². The van der Waals surface area contributed by atoms with E-state index in [1.807, 2.05) is 6.07 Å². The van der Waals surface area contributed by atoms with Crippen molar-refractivity contribution in [2.45, 2.75) is 12.8 Å². The predicted molar refractivity (Wildman–Crippen MR) is 36.2 cm³/mol. The van der Waals surface area contributed by atoms with Crippen LogP contribution in [-0.4, -0.2) is 5.91 Å². The van der Waals surface area contributed by atoms with Crippen molar-refractivity contribution in [3.05, 3.63) is 24.2 Å². The lowest BCUT2D eigenvalue weighted by molar-refractivity contribution is -0.117. The Kier molecular flexibility index (Phi) is 2.10. The highest BCUT2D eigenvalue weighted by molar-refractivity contribution is 5.73. The molecule has 0 unspecified atom stereocenters. The molecule has 0 spiro atoms. The molecule has 0 saturated heterocycles. The van der Waals surface area contributed by atoms with Gasteiger partial charge >= 0.3 is 0 Å². The zero-order valence-corrected chi connectivity index (χ0v) is 5.54. The highest BCUT2D eigenvalue weighted by atomic mass is 16.3. The fourth-order valence-electron chi connectivity index (χ4n) is 0.702. The second-order valence-corrected chi connectivity index (χ2v) is 2.10. The van der Waals surface area contributed by atoms with Crippen molar-refractivity contribution >= 4 is 5.91 Å². The summed E-state index contributed by atoms with van der Waals surface area (Å²) in [7, 11) is 0. The molecule has 0 aromatic carbocycles. The minimum Gasteiger partial charge on any atom is -0.472 e. The summed E-state index contributed by atoms with van der Waals surface area (Å²) in [6.07, 6.45) is 4.25. The lowest BCUT2D eigenvalue weighted by Gasteiger charge is -1.89. The maximum absolute atomic E-state index is 10.3. The lowest BCUT2D eigenvalue weighted by Crippen LogP contribution is -2.10. The van der Waals surface area contributed by atoms with Gasteiger partial charge in [-0.15, -0.1) is 0 Å². The zero-order valence-electron chi connectivity index (χ0n) is 5.54. The van der Waals surface area contributed by atoms with Gasteiger partial charge in [0, 0.05) is 6.42 Å². The van der Waals surface area contributed by atoms with E-state index in [-0.39, 0.29) is 5.91 Å². The van der Waals surface area contributed by atoms with Crippen LogP contribution in [-0.2, 0) is 11.2 Å². The number of carbonyl (C=O) groups excluding carboxylic acids is 1. The van der Waals surface area contributed by atoms with Crippen molar-refractivity contribution in [3.8, 4) is 0 Å². The van der Waals surface area contributed by atoms with Crippen LogP contribution in [0.15, 0.2) is 23.0 Å². The van der Waals surface area contributed by atoms with Crippen LogP contribution in [0.25, 0.3) is 0 Å². The fourth-order valence-corrected chi connectivity index (χ4v) is 0.702. The van der Waals surface area contributed by atoms with E-state index in [1.54, 1.807) is 12.5 Å². The quantitative estimate of drug-likeness (QED) is 0.670. The van der Waals surface area contributed by atoms with Crippen LogP contribution in [0.1, 0.15) is 12.0 Å². The van der Waals surface area contributed by atoms with Gasteiger partial charge in [0.1, 0.15) is 0 Å². The first-order valence-corrected chi connectivity index (χ1v) is 3.08. The maximum Gasteiger partial charge on any atom is 0.217 e. The van der Waals surface area contributed by atoms with Gasteiger partial charge in [0.05, 0.1) is 12.5 Å². The molecule has 1 heterocycles. The normalized spacial score (nSPS) is 9.60. The van der Waals surface area contributed by atoms with E-state index in [4.69, 9.17) is 10.2 Å². The Balaban J connectivity index is 2.35. The van der Waals surface area contributed by atoms with Crippen molar-refractivity contribution < 1.29 is 9.21 Å². The number of amides is 1. The summed E-state index contributed by atoms with van der Waals surface area (Å²) in [4.78, 5) is 10.3. The number of carbonyl (C=O) groups is 1. The molecule has 1 amide bonds. The van der Waals surface area contributed by atoms with Crippen LogP contribution in [0, 0.1) is 0 Å². The third-order valence-corrected chi connectivity index (χ3v) is 1.24. The van der Waals surface area contributed by atoms with Gasteiger partial charge < -0.3 is 10.2 Å². The molecule has 1 aromatic rings. The summed E-state index contributed by atoms with van der Waals surface area (Å²) in [6.45, 7) is 0. The van der Waals surface area contributed by atoms with Crippen LogP contribution in [0.4, 0.5) is 0 Å². The molecule has 0 aliphatic heterocycles. The minimum atomic E-state index is -0.277. The van der Waals surface area contributed by atoms with Crippen LogP contribution in [0.3, 0.4) is 0 Å². The summed E-state index contributed by atoms with van der Waals surface area (Å²) in [6, 6.07) is 1.82. The highest BCUT2D eigenvalue weighted by Gasteiger charge is 1.96. The number of rotatable bonds is 3. The van der Waals surface area contributed by atoms with E-state index in [2.05, 4.69) is 0 Å². The molecule has 1 aromatic heterocycles. The third-order valence-electron chi connectivity index (χ3n) is 1.24. The molecule has 0 radical (unpaired) electrons. The van der Waals surface area contributed by atoms with E-state index >= 15 is 0 Å². The van der Waals surface area contributed by atoms with Crippen molar-refractivity contribution in [2.24, 2.45) is 5.73 Å². The number of hydrogen-bond acceptors (Lipinski definition) is 2. The topological polar surface area (TPSA) is 56.2 Å². The first kappa shape index (κ1) is 6.86. The van der Waals surface area contributed by atoms with Gasteiger partial charge in [-0.2, -0.15) is 0 Å². The molecule has 0 aliphatic carbocycles. The molecule has 0 bridgehead atoms. The summed E-state index contributed by atoms with van der Waals surface area (Å²) < 4.78 is 4.79. The number of hydrogen-bond donors (Lipinski definition) is 1. The standard InChI is InChI=1S/C7H9NO2/c8-7(9)2-1-6-3-4-10-5-6/h3-5H,1-2H2,(H2,8,9). The highest BCUT2D eigenvalue weighted by Crippen LogP contribution is 2.02. The molecule has 54 valence electrons. The Morgan fingerprint density at radius 3 is 3.00 bits per heavy atom. The SMILES string of the molecule is NC(=O)CCc1ccoc1. The number of nitrogens with two attached hydrogens (primary N) is 1. The van der Waals surface area contributed by atoms with Crippen molar-refractivity contribution in [3.63, 3.8) is 0 Å². The molecule has 0 saturated carbocycles. The summed E-state index contributed by atoms with van der Waals surface area (Å²) in [5, 5.41) is 0. The third kappa shape index (κ3) is 1.93. The van der Waals surface area contributed by atoms with Crippen molar-refractivity contribution in [1.29, 1.82) is 0 Å². The van der Waals surface area contributed by atoms with Gasteiger partial charge in [0.25, 0.3) is 0 Å². The Bertz CT molecular complexity index is 203. The molecule has 0 fully saturated rings. The second-order valence-electron chi connectivity index (χ2n) is 2.10. The fraction of sp³-hybridized carbons (Fsp3) is 0.286. The molecule has 10 heavy (non-hydrogen) atoms. The van der Waals surface area contributed by atoms with Crippen LogP contribution >= 0.6 is 0 Å². The smallest absolute Gasteiger partial charge is 0.217 e. The Hall–Kier alpha value is -1.25. The average Bonchev–Trinajstić information content (AvgIpc) is 2.34. The summed E-state index contributed by atoms with van der Waals surface area (Å²) >= 11 is 0. The number of primary amides is 1. The summed E-state index contributed by atoms with van der Waals surface area (Å²) in [5.41, 5.74) is 5.95. The number of aryl methyl sites for hydroxylation is 1. The van der Waals surface area contributed by atoms with Gasteiger partial charge in [-0.3, -0.25) is 4.79 Å². The van der Waals surface area contributed by atoms with Gasteiger partial charge in [-0.1, -0.05) is 0 Å². The van der Waals surface area contributed by atoms with E-state index in [0.717, 1.165) is 5.56 Å².